The summed E-state index contributed by atoms with van der Waals surface area (Å²) in [5.41, 5.74) is 0. The van der Waals surface area contributed by atoms with Crippen molar-refractivity contribution in [3.63, 3.8) is 0 Å². The van der Waals surface area contributed by atoms with E-state index in [1.54, 1.807) is 0 Å². The Kier molecular flexibility index (Phi) is 8.16. The van der Waals surface area contributed by atoms with Crippen LogP contribution in [0.1, 0.15) is 47.0 Å². The lowest BCUT2D eigenvalue weighted by Crippen LogP contribution is -2.30. The fourth-order valence-electron chi connectivity index (χ4n) is 3.10. The molecule has 7 heteroatoms. The van der Waals surface area contributed by atoms with Crippen LogP contribution in [0.3, 0.4) is 0 Å². The SMILES string of the molecule is CC(C)C[Si](Cl)(CCCCC(=O)On1c(O)ccc1O)CC(C)C. The molecule has 1 aromatic heterocycles. The maximum atomic E-state index is 11.8. The van der Waals surface area contributed by atoms with E-state index in [-0.39, 0.29) is 18.2 Å². The number of nitrogens with zero attached hydrogens (tertiary/aromatic N) is 1. The van der Waals surface area contributed by atoms with Crippen LogP contribution in [0.4, 0.5) is 0 Å². The number of carbonyl (C=O) groups is 1. The second kappa shape index (κ2) is 9.37. The van der Waals surface area contributed by atoms with Gasteiger partial charge in [-0.2, -0.15) is 11.1 Å². The van der Waals surface area contributed by atoms with E-state index in [0.717, 1.165) is 29.3 Å². The first-order chi connectivity index (χ1) is 11.1. The molecule has 0 aliphatic carbocycles. The summed E-state index contributed by atoms with van der Waals surface area (Å²) in [7, 11) is -1.79. The Balaban J connectivity index is 2.41. The molecule has 24 heavy (non-hydrogen) atoms. The Morgan fingerprint density at radius 3 is 2.08 bits per heavy atom. The number of rotatable bonds is 10. The first kappa shape index (κ1) is 20.9. The van der Waals surface area contributed by atoms with Gasteiger partial charge in [-0.1, -0.05) is 34.1 Å². The minimum atomic E-state index is -1.79. The van der Waals surface area contributed by atoms with Crippen molar-refractivity contribution < 1.29 is 19.8 Å². The van der Waals surface area contributed by atoms with Crippen molar-refractivity contribution in [3.05, 3.63) is 12.1 Å². The van der Waals surface area contributed by atoms with Crippen LogP contribution in [0.5, 0.6) is 11.8 Å². The van der Waals surface area contributed by atoms with Crippen LogP contribution < -0.4 is 4.84 Å². The predicted octanol–water partition coefficient (Wildman–Crippen LogP) is 4.52. The minimum Gasteiger partial charge on any atom is -0.492 e. The molecule has 0 aromatic carbocycles. The zero-order chi connectivity index (χ0) is 18.3. The molecule has 0 atom stereocenters. The van der Waals surface area contributed by atoms with Gasteiger partial charge in [0.15, 0.2) is 7.38 Å². The van der Waals surface area contributed by atoms with E-state index >= 15 is 0 Å². The van der Waals surface area contributed by atoms with Gasteiger partial charge in [0.25, 0.3) is 0 Å². The second-order valence-electron chi connectivity index (χ2n) is 7.36. The maximum absolute atomic E-state index is 11.8. The molecule has 0 spiro atoms. The Labute approximate surface area is 150 Å². The molecule has 0 unspecified atom stereocenters. The topological polar surface area (TPSA) is 71.7 Å². The van der Waals surface area contributed by atoms with Crippen LogP contribution in [-0.2, 0) is 4.79 Å². The van der Waals surface area contributed by atoms with Gasteiger partial charge in [-0.3, -0.25) is 0 Å². The Bertz CT molecular complexity index is 501. The molecular weight excluding hydrogens is 346 g/mol. The van der Waals surface area contributed by atoms with E-state index in [2.05, 4.69) is 27.7 Å². The zero-order valence-corrected chi connectivity index (χ0v) is 16.8. The lowest BCUT2D eigenvalue weighted by atomic mass is 10.2. The van der Waals surface area contributed by atoms with E-state index in [1.165, 1.54) is 12.1 Å². The highest BCUT2D eigenvalue weighted by Crippen LogP contribution is 2.34. The van der Waals surface area contributed by atoms with Crippen LogP contribution in [0.25, 0.3) is 0 Å². The van der Waals surface area contributed by atoms with E-state index in [9.17, 15) is 15.0 Å². The van der Waals surface area contributed by atoms with Crippen LogP contribution >= 0.6 is 11.1 Å². The van der Waals surface area contributed by atoms with Crippen molar-refractivity contribution in [1.29, 1.82) is 0 Å². The molecule has 5 nitrogen and oxygen atoms in total. The predicted molar refractivity (Wildman–Crippen MR) is 98.9 cm³/mol. The van der Waals surface area contributed by atoms with Crippen molar-refractivity contribution >= 4 is 24.4 Å². The monoisotopic (exact) mass is 375 g/mol. The average molecular weight is 376 g/mol. The standard InChI is InChI=1S/C17H30ClNO4Si/c1-13(2)11-24(18,12-14(3)4)10-6-5-7-17(22)23-19-15(20)8-9-16(19)21/h8-9,13-14,20-21H,5-7,10-12H2,1-4H3. The first-order valence-electron chi connectivity index (χ1n) is 8.63. The molecule has 0 amide bonds. The zero-order valence-electron chi connectivity index (χ0n) is 15.1. The Morgan fingerprint density at radius 1 is 1.12 bits per heavy atom. The van der Waals surface area contributed by atoms with E-state index < -0.39 is 13.4 Å². The summed E-state index contributed by atoms with van der Waals surface area (Å²) < 4.78 is 0.723. The molecule has 0 saturated heterocycles. The highest BCUT2D eigenvalue weighted by molar-refractivity contribution is 7.20. The Morgan fingerprint density at radius 2 is 1.62 bits per heavy atom. The third-order valence-electron chi connectivity index (χ3n) is 3.79. The highest BCUT2D eigenvalue weighted by atomic mass is 35.6. The highest BCUT2D eigenvalue weighted by Gasteiger charge is 2.32. The molecular formula is C17H30ClNO4Si. The summed E-state index contributed by atoms with van der Waals surface area (Å²) in [4.78, 5) is 16.7. The van der Waals surface area contributed by atoms with Gasteiger partial charge >= 0.3 is 5.97 Å². The third kappa shape index (κ3) is 7.17. The third-order valence-corrected chi connectivity index (χ3v) is 9.63. The van der Waals surface area contributed by atoms with Gasteiger partial charge in [-0.05, 0) is 36.4 Å². The molecule has 0 radical (unpaired) electrons. The molecule has 0 saturated carbocycles. The normalized spacial score (nSPS) is 12.1. The van der Waals surface area contributed by atoms with E-state index in [1.807, 2.05) is 0 Å². The molecule has 1 rings (SSSR count). The average Bonchev–Trinajstić information content (AvgIpc) is 2.73. The quantitative estimate of drug-likeness (QED) is 0.358. The molecule has 0 aliphatic rings. The van der Waals surface area contributed by atoms with Crippen molar-refractivity contribution in [1.82, 2.24) is 4.73 Å². The summed E-state index contributed by atoms with van der Waals surface area (Å²) in [5.74, 6) is 0.102. The number of aromatic nitrogens is 1. The number of aromatic hydroxyl groups is 2. The smallest absolute Gasteiger partial charge is 0.333 e. The van der Waals surface area contributed by atoms with Gasteiger partial charge in [0.2, 0.25) is 11.8 Å². The van der Waals surface area contributed by atoms with Crippen molar-refractivity contribution in [3.8, 4) is 11.8 Å². The largest absolute Gasteiger partial charge is 0.492 e. The van der Waals surface area contributed by atoms with Gasteiger partial charge in [-0.15, -0.1) is 4.73 Å². The maximum Gasteiger partial charge on any atom is 0.333 e. The molecule has 0 bridgehead atoms. The molecule has 2 N–H and O–H groups in total. The van der Waals surface area contributed by atoms with Crippen LogP contribution in [0.15, 0.2) is 12.1 Å². The summed E-state index contributed by atoms with van der Waals surface area (Å²) in [6, 6.07) is 5.71. The Hall–Kier alpha value is -1.14. The number of unbranched alkanes of at least 4 members (excludes halogenated alkanes) is 1. The summed E-state index contributed by atoms with van der Waals surface area (Å²) in [6.07, 6.45) is 1.83. The summed E-state index contributed by atoms with van der Waals surface area (Å²) in [5, 5.41) is 18.9. The molecule has 1 heterocycles. The molecule has 138 valence electrons. The lowest BCUT2D eigenvalue weighted by Gasteiger charge is -2.28. The van der Waals surface area contributed by atoms with Crippen molar-refractivity contribution in [2.75, 3.05) is 0 Å². The number of halogens is 1. The van der Waals surface area contributed by atoms with Gasteiger partial charge in [0.05, 0.1) is 0 Å². The summed E-state index contributed by atoms with van der Waals surface area (Å²) >= 11 is 6.95. The van der Waals surface area contributed by atoms with Crippen molar-refractivity contribution in [2.45, 2.75) is 65.1 Å². The van der Waals surface area contributed by atoms with Crippen LogP contribution in [-0.4, -0.2) is 28.3 Å². The lowest BCUT2D eigenvalue weighted by molar-refractivity contribution is -0.145. The minimum absolute atomic E-state index is 0.238. The molecule has 1 aromatic rings. The van der Waals surface area contributed by atoms with Gasteiger partial charge in [-0.25, -0.2) is 4.79 Å². The van der Waals surface area contributed by atoms with Crippen molar-refractivity contribution in [2.24, 2.45) is 11.8 Å². The van der Waals surface area contributed by atoms with E-state index in [0.29, 0.717) is 18.3 Å². The molecule has 0 aliphatic heterocycles. The fourth-order valence-corrected chi connectivity index (χ4v) is 9.74. The van der Waals surface area contributed by atoms with Gasteiger partial charge < -0.3 is 15.1 Å². The second-order valence-corrected chi connectivity index (χ2v) is 13.4. The fraction of sp³-hybridized carbons (Fsp3) is 0.706. The van der Waals surface area contributed by atoms with Crippen LogP contribution in [0, 0.1) is 11.8 Å². The summed E-state index contributed by atoms with van der Waals surface area (Å²) in [6.45, 7) is 8.82. The van der Waals surface area contributed by atoms with E-state index in [4.69, 9.17) is 15.9 Å². The van der Waals surface area contributed by atoms with Crippen LogP contribution in [0.2, 0.25) is 18.1 Å². The first-order valence-corrected chi connectivity index (χ1v) is 12.3. The van der Waals surface area contributed by atoms with Gasteiger partial charge in [0.1, 0.15) is 0 Å². The number of carbonyl (C=O) groups excluding carboxylic acids is 1. The van der Waals surface area contributed by atoms with Gasteiger partial charge in [0, 0.05) is 18.6 Å². The number of hydrogen-bond acceptors (Lipinski definition) is 4. The molecule has 0 fully saturated rings. The number of hydrogen-bond donors (Lipinski definition) is 2.